The fraction of sp³-hybridized carbons (Fsp3) is 0.833. The van der Waals surface area contributed by atoms with Crippen molar-refractivity contribution in [2.45, 2.75) is 25.3 Å². The molecule has 0 aromatic heterocycles. The molecule has 1 aliphatic rings. The van der Waals surface area contributed by atoms with Gasteiger partial charge in [0.05, 0.1) is 13.0 Å². The minimum absolute atomic E-state index is 0.0278. The summed E-state index contributed by atoms with van der Waals surface area (Å²) >= 11 is 0. The van der Waals surface area contributed by atoms with Gasteiger partial charge in [-0.05, 0) is 12.8 Å². The Labute approximate surface area is 54.2 Å². The van der Waals surface area contributed by atoms with Crippen molar-refractivity contribution in [1.82, 2.24) is 0 Å². The second-order valence-corrected chi connectivity index (χ2v) is 2.33. The lowest BCUT2D eigenvalue weighted by Crippen LogP contribution is -2.21. The standard InChI is InChI=1S/C6H11NO2/c7-5-2-1-3-9-6(8)4-5/h5H,1-4,7H2. The normalized spacial score (nSPS) is 29.0. The largest absolute Gasteiger partial charge is 0.466 e. The maximum absolute atomic E-state index is 10.6. The average molecular weight is 129 g/mol. The molecular formula is C6H11NO2. The van der Waals surface area contributed by atoms with Crippen molar-refractivity contribution in [1.29, 1.82) is 0 Å². The smallest absolute Gasteiger partial charge is 0.307 e. The van der Waals surface area contributed by atoms with E-state index in [0.717, 1.165) is 12.8 Å². The summed E-state index contributed by atoms with van der Waals surface area (Å²) < 4.78 is 4.75. The molecule has 0 bridgehead atoms. The van der Waals surface area contributed by atoms with Gasteiger partial charge in [-0.2, -0.15) is 0 Å². The van der Waals surface area contributed by atoms with E-state index in [9.17, 15) is 4.79 Å². The minimum atomic E-state index is -0.153. The fourth-order valence-corrected chi connectivity index (χ4v) is 0.907. The fourth-order valence-electron chi connectivity index (χ4n) is 0.907. The monoisotopic (exact) mass is 129 g/mol. The highest BCUT2D eigenvalue weighted by atomic mass is 16.5. The van der Waals surface area contributed by atoms with Gasteiger partial charge in [-0.1, -0.05) is 0 Å². The molecule has 3 nitrogen and oxygen atoms in total. The number of ether oxygens (including phenoxy) is 1. The molecular weight excluding hydrogens is 118 g/mol. The molecule has 52 valence electrons. The summed E-state index contributed by atoms with van der Waals surface area (Å²) in [5, 5.41) is 0. The molecule has 0 aliphatic carbocycles. The molecule has 0 amide bonds. The van der Waals surface area contributed by atoms with Crippen molar-refractivity contribution in [3.05, 3.63) is 0 Å². The summed E-state index contributed by atoms with van der Waals surface area (Å²) in [6, 6.07) is 0.0278. The number of carbonyl (C=O) groups excluding carboxylic acids is 1. The molecule has 1 fully saturated rings. The molecule has 0 spiro atoms. The van der Waals surface area contributed by atoms with E-state index in [-0.39, 0.29) is 12.0 Å². The molecule has 0 aromatic rings. The zero-order valence-electron chi connectivity index (χ0n) is 5.30. The van der Waals surface area contributed by atoms with Gasteiger partial charge >= 0.3 is 5.97 Å². The maximum atomic E-state index is 10.6. The summed E-state index contributed by atoms with van der Waals surface area (Å²) in [6.45, 7) is 0.548. The first-order valence-corrected chi connectivity index (χ1v) is 3.20. The molecule has 1 unspecified atom stereocenters. The topological polar surface area (TPSA) is 52.3 Å². The lowest BCUT2D eigenvalue weighted by molar-refractivity contribution is -0.142. The van der Waals surface area contributed by atoms with Crippen molar-refractivity contribution in [2.24, 2.45) is 5.73 Å². The lowest BCUT2D eigenvalue weighted by atomic mass is 10.1. The van der Waals surface area contributed by atoms with Gasteiger partial charge < -0.3 is 10.5 Å². The van der Waals surface area contributed by atoms with Crippen LogP contribution in [0.4, 0.5) is 0 Å². The average Bonchev–Trinajstić information content (AvgIpc) is 1.93. The Hall–Kier alpha value is -0.570. The van der Waals surface area contributed by atoms with Gasteiger partial charge in [0.1, 0.15) is 0 Å². The Bertz CT molecular complexity index is 114. The summed E-state index contributed by atoms with van der Waals surface area (Å²) in [5.74, 6) is -0.153. The zero-order valence-corrected chi connectivity index (χ0v) is 5.30. The van der Waals surface area contributed by atoms with Gasteiger partial charge in [0.25, 0.3) is 0 Å². The molecule has 1 saturated heterocycles. The highest BCUT2D eigenvalue weighted by Crippen LogP contribution is 2.05. The Morgan fingerprint density at radius 1 is 1.67 bits per heavy atom. The number of cyclic esters (lactones) is 1. The molecule has 0 aromatic carbocycles. The van der Waals surface area contributed by atoms with Gasteiger partial charge in [-0.15, -0.1) is 0 Å². The number of hydrogen-bond acceptors (Lipinski definition) is 3. The Morgan fingerprint density at radius 3 is 3.22 bits per heavy atom. The van der Waals surface area contributed by atoms with E-state index in [1.165, 1.54) is 0 Å². The SMILES string of the molecule is NC1CCCOC(=O)C1. The van der Waals surface area contributed by atoms with Crippen LogP contribution in [0.2, 0.25) is 0 Å². The van der Waals surface area contributed by atoms with Crippen molar-refractivity contribution < 1.29 is 9.53 Å². The second kappa shape index (κ2) is 2.82. The maximum Gasteiger partial charge on any atom is 0.307 e. The summed E-state index contributed by atoms with van der Waals surface area (Å²) in [4.78, 5) is 10.6. The highest BCUT2D eigenvalue weighted by molar-refractivity contribution is 5.70. The van der Waals surface area contributed by atoms with Crippen LogP contribution in [-0.2, 0) is 9.53 Å². The molecule has 1 heterocycles. The predicted molar refractivity (Wildman–Crippen MR) is 32.8 cm³/mol. The van der Waals surface area contributed by atoms with Crippen molar-refractivity contribution in [3.63, 3.8) is 0 Å². The van der Waals surface area contributed by atoms with Crippen molar-refractivity contribution in [3.8, 4) is 0 Å². The number of esters is 1. The number of nitrogens with two attached hydrogens (primary N) is 1. The van der Waals surface area contributed by atoms with Crippen LogP contribution in [0.25, 0.3) is 0 Å². The molecule has 0 radical (unpaired) electrons. The molecule has 3 heteroatoms. The summed E-state index contributed by atoms with van der Waals surface area (Å²) in [7, 11) is 0. The third-order valence-corrected chi connectivity index (χ3v) is 1.41. The molecule has 9 heavy (non-hydrogen) atoms. The third-order valence-electron chi connectivity index (χ3n) is 1.41. The molecule has 2 N–H and O–H groups in total. The van der Waals surface area contributed by atoms with Crippen LogP contribution in [0.1, 0.15) is 19.3 Å². The van der Waals surface area contributed by atoms with Gasteiger partial charge in [0.15, 0.2) is 0 Å². The quantitative estimate of drug-likeness (QED) is 0.470. The summed E-state index contributed by atoms with van der Waals surface area (Å²) in [6.07, 6.45) is 2.21. The van der Waals surface area contributed by atoms with Gasteiger partial charge in [0, 0.05) is 6.04 Å². The molecule has 1 aliphatic heterocycles. The third kappa shape index (κ3) is 2.01. The van der Waals surface area contributed by atoms with Crippen LogP contribution in [0.15, 0.2) is 0 Å². The van der Waals surface area contributed by atoms with E-state index in [1.54, 1.807) is 0 Å². The Morgan fingerprint density at radius 2 is 2.44 bits per heavy atom. The molecule has 0 saturated carbocycles. The Balaban J connectivity index is 2.37. The highest BCUT2D eigenvalue weighted by Gasteiger charge is 2.13. The van der Waals surface area contributed by atoms with Crippen LogP contribution in [0.5, 0.6) is 0 Å². The van der Waals surface area contributed by atoms with Crippen molar-refractivity contribution in [2.75, 3.05) is 6.61 Å². The van der Waals surface area contributed by atoms with Crippen LogP contribution in [-0.4, -0.2) is 18.6 Å². The van der Waals surface area contributed by atoms with Gasteiger partial charge in [-0.25, -0.2) is 0 Å². The number of carbonyl (C=O) groups is 1. The summed E-state index contributed by atoms with van der Waals surface area (Å²) in [5.41, 5.74) is 5.52. The molecule has 1 atom stereocenters. The van der Waals surface area contributed by atoms with E-state index in [0.29, 0.717) is 13.0 Å². The van der Waals surface area contributed by atoms with Crippen LogP contribution < -0.4 is 5.73 Å². The molecule has 1 rings (SSSR count). The number of rotatable bonds is 0. The van der Waals surface area contributed by atoms with Gasteiger partial charge in [0.2, 0.25) is 0 Å². The van der Waals surface area contributed by atoms with Gasteiger partial charge in [-0.3, -0.25) is 4.79 Å². The van der Waals surface area contributed by atoms with E-state index < -0.39 is 0 Å². The van der Waals surface area contributed by atoms with Crippen LogP contribution in [0, 0.1) is 0 Å². The number of hydrogen-bond donors (Lipinski definition) is 1. The first kappa shape index (κ1) is 6.55. The van der Waals surface area contributed by atoms with E-state index >= 15 is 0 Å². The van der Waals surface area contributed by atoms with E-state index in [2.05, 4.69) is 0 Å². The van der Waals surface area contributed by atoms with Crippen molar-refractivity contribution >= 4 is 5.97 Å². The zero-order chi connectivity index (χ0) is 6.69. The first-order valence-electron chi connectivity index (χ1n) is 3.20. The second-order valence-electron chi connectivity index (χ2n) is 2.33. The Kier molecular flexibility index (Phi) is 2.05. The van der Waals surface area contributed by atoms with E-state index in [1.807, 2.05) is 0 Å². The van der Waals surface area contributed by atoms with Crippen LogP contribution >= 0.6 is 0 Å². The first-order chi connectivity index (χ1) is 4.29. The lowest BCUT2D eigenvalue weighted by Gasteiger charge is -2.01. The van der Waals surface area contributed by atoms with E-state index in [4.69, 9.17) is 10.5 Å². The predicted octanol–water partition coefficient (Wildman–Crippen LogP) is 0.0408. The van der Waals surface area contributed by atoms with Crippen LogP contribution in [0.3, 0.4) is 0 Å². The minimum Gasteiger partial charge on any atom is -0.466 e.